The van der Waals surface area contributed by atoms with E-state index in [1.54, 1.807) is 0 Å². The number of anilines is 1. The van der Waals surface area contributed by atoms with E-state index in [1.165, 1.54) is 23.5 Å². The Morgan fingerprint density at radius 3 is 2.94 bits per heavy atom. The highest BCUT2D eigenvalue weighted by molar-refractivity contribution is 7.99. The van der Waals surface area contributed by atoms with Crippen LogP contribution in [0.25, 0.3) is 0 Å². The molecule has 0 radical (unpaired) electrons. The van der Waals surface area contributed by atoms with Crippen molar-refractivity contribution in [2.24, 2.45) is 0 Å². The van der Waals surface area contributed by atoms with Crippen molar-refractivity contribution >= 4 is 29.3 Å². The van der Waals surface area contributed by atoms with Crippen molar-refractivity contribution < 1.29 is 0 Å². The first-order valence-corrected chi connectivity index (χ1v) is 5.87. The molecule has 1 heterocycles. The number of hydrogen-bond donors (Lipinski definition) is 1. The van der Waals surface area contributed by atoms with Crippen molar-refractivity contribution in [1.82, 2.24) is 9.97 Å². The zero-order valence-corrected chi connectivity index (χ0v) is 10.2. The normalized spacial score (nSPS) is 10.4. The van der Waals surface area contributed by atoms with Gasteiger partial charge in [0, 0.05) is 4.90 Å². The summed E-state index contributed by atoms with van der Waals surface area (Å²) in [5.41, 5.74) is 6.71. The van der Waals surface area contributed by atoms with Crippen LogP contribution < -0.4 is 5.73 Å². The molecule has 1 aromatic heterocycles. The molecule has 0 aliphatic heterocycles. The molecule has 0 aliphatic carbocycles. The highest BCUT2D eigenvalue weighted by Crippen LogP contribution is 2.31. The lowest BCUT2D eigenvalue weighted by atomic mass is 10.2. The highest BCUT2D eigenvalue weighted by Gasteiger charge is 2.05. The van der Waals surface area contributed by atoms with Crippen LogP contribution in [0.5, 0.6) is 0 Å². The molecule has 3 nitrogen and oxygen atoms in total. The van der Waals surface area contributed by atoms with Crippen LogP contribution in [0.3, 0.4) is 0 Å². The van der Waals surface area contributed by atoms with Gasteiger partial charge in [-0.05, 0) is 19.1 Å². The molecule has 0 aliphatic rings. The number of halogens is 1. The fraction of sp³-hybridized carbons (Fsp3) is 0.0909. The molecule has 0 atom stereocenters. The number of benzene rings is 1. The summed E-state index contributed by atoms with van der Waals surface area (Å²) < 4.78 is 0. The van der Waals surface area contributed by atoms with Crippen LogP contribution in [-0.2, 0) is 0 Å². The SMILES string of the molecule is Cc1cccc(Sc2nc(N)ncc2Cl)c1. The van der Waals surface area contributed by atoms with Crippen molar-refractivity contribution in [3.8, 4) is 0 Å². The molecular formula is C11H10ClN3S. The number of nitrogens with two attached hydrogens (primary N) is 1. The third kappa shape index (κ3) is 2.65. The van der Waals surface area contributed by atoms with Gasteiger partial charge in [0.15, 0.2) is 0 Å². The molecule has 5 heteroatoms. The average molecular weight is 252 g/mol. The Morgan fingerprint density at radius 1 is 1.38 bits per heavy atom. The number of aryl methyl sites for hydroxylation is 1. The number of aromatic nitrogens is 2. The quantitative estimate of drug-likeness (QED) is 0.833. The predicted molar refractivity (Wildman–Crippen MR) is 66.8 cm³/mol. The van der Waals surface area contributed by atoms with Gasteiger partial charge >= 0.3 is 0 Å². The maximum absolute atomic E-state index is 5.98. The molecule has 2 aromatic rings. The summed E-state index contributed by atoms with van der Waals surface area (Å²) in [5, 5.41) is 1.19. The Labute approximate surface area is 103 Å². The summed E-state index contributed by atoms with van der Waals surface area (Å²) in [6.07, 6.45) is 1.52. The van der Waals surface area contributed by atoms with Crippen LogP contribution >= 0.6 is 23.4 Å². The molecule has 0 unspecified atom stereocenters. The van der Waals surface area contributed by atoms with E-state index in [0.717, 1.165) is 4.90 Å². The van der Waals surface area contributed by atoms with Gasteiger partial charge in [-0.25, -0.2) is 9.97 Å². The Hall–Kier alpha value is -1.26. The highest BCUT2D eigenvalue weighted by atomic mass is 35.5. The van der Waals surface area contributed by atoms with Crippen molar-refractivity contribution in [2.75, 3.05) is 5.73 Å². The summed E-state index contributed by atoms with van der Waals surface area (Å²) in [6, 6.07) is 8.11. The summed E-state index contributed by atoms with van der Waals surface area (Å²) in [4.78, 5) is 9.00. The van der Waals surface area contributed by atoms with E-state index in [-0.39, 0.29) is 5.95 Å². The third-order valence-corrected chi connectivity index (χ3v) is 3.32. The van der Waals surface area contributed by atoms with E-state index < -0.39 is 0 Å². The fourth-order valence-corrected chi connectivity index (χ4v) is 2.34. The number of nitrogens with zero attached hydrogens (tertiary/aromatic N) is 2. The lowest BCUT2D eigenvalue weighted by Gasteiger charge is -2.04. The van der Waals surface area contributed by atoms with Crippen molar-refractivity contribution in [2.45, 2.75) is 16.8 Å². The van der Waals surface area contributed by atoms with E-state index in [2.05, 4.69) is 16.0 Å². The summed E-state index contributed by atoms with van der Waals surface area (Å²) >= 11 is 7.46. The van der Waals surface area contributed by atoms with Crippen molar-refractivity contribution in [3.05, 3.63) is 41.0 Å². The summed E-state index contributed by atoms with van der Waals surface area (Å²) in [7, 11) is 0. The van der Waals surface area contributed by atoms with E-state index >= 15 is 0 Å². The Morgan fingerprint density at radius 2 is 2.19 bits per heavy atom. The second kappa shape index (κ2) is 4.72. The molecule has 2 rings (SSSR count). The largest absolute Gasteiger partial charge is 0.368 e. The molecule has 0 spiro atoms. The van der Waals surface area contributed by atoms with Crippen LogP contribution in [-0.4, -0.2) is 9.97 Å². The maximum Gasteiger partial charge on any atom is 0.221 e. The van der Waals surface area contributed by atoms with Crippen LogP contribution in [0.2, 0.25) is 5.02 Å². The minimum atomic E-state index is 0.236. The minimum absolute atomic E-state index is 0.236. The molecule has 0 amide bonds. The number of hydrogen-bond acceptors (Lipinski definition) is 4. The van der Waals surface area contributed by atoms with Crippen LogP contribution in [0.1, 0.15) is 5.56 Å². The molecule has 82 valence electrons. The molecule has 1 aromatic carbocycles. The van der Waals surface area contributed by atoms with Gasteiger partial charge in [0.1, 0.15) is 5.03 Å². The standard InChI is InChI=1S/C11H10ClN3S/c1-7-3-2-4-8(5-7)16-10-9(12)6-14-11(13)15-10/h2-6H,1H3,(H2,13,14,15). The predicted octanol–water partition coefficient (Wildman–Crippen LogP) is 3.17. The first-order valence-electron chi connectivity index (χ1n) is 4.67. The van der Waals surface area contributed by atoms with Gasteiger partial charge in [0.25, 0.3) is 0 Å². The third-order valence-electron chi connectivity index (χ3n) is 1.93. The smallest absolute Gasteiger partial charge is 0.221 e. The van der Waals surface area contributed by atoms with Crippen LogP contribution in [0.15, 0.2) is 40.4 Å². The molecule has 0 bridgehead atoms. The zero-order valence-electron chi connectivity index (χ0n) is 8.64. The zero-order chi connectivity index (χ0) is 11.5. The number of rotatable bonds is 2. The molecule has 0 saturated heterocycles. The van der Waals surface area contributed by atoms with E-state index in [4.69, 9.17) is 17.3 Å². The maximum atomic E-state index is 5.98. The average Bonchev–Trinajstić information content (AvgIpc) is 2.24. The van der Waals surface area contributed by atoms with Gasteiger partial charge < -0.3 is 5.73 Å². The minimum Gasteiger partial charge on any atom is -0.368 e. The Kier molecular flexibility index (Phi) is 3.31. The first kappa shape index (κ1) is 11.2. The molecule has 0 fully saturated rings. The summed E-state index contributed by atoms with van der Waals surface area (Å²) in [5.74, 6) is 0.236. The number of nitrogen functional groups attached to an aromatic ring is 1. The monoisotopic (exact) mass is 251 g/mol. The van der Waals surface area contributed by atoms with Gasteiger partial charge in [-0.15, -0.1) is 0 Å². The second-order valence-electron chi connectivity index (χ2n) is 3.30. The van der Waals surface area contributed by atoms with Crippen molar-refractivity contribution in [1.29, 1.82) is 0 Å². The van der Waals surface area contributed by atoms with Gasteiger partial charge in [-0.3, -0.25) is 0 Å². The van der Waals surface area contributed by atoms with Gasteiger partial charge in [-0.1, -0.05) is 41.1 Å². The summed E-state index contributed by atoms with van der Waals surface area (Å²) in [6.45, 7) is 2.04. The first-order chi connectivity index (χ1) is 7.65. The molecule has 2 N–H and O–H groups in total. The topological polar surface area (TPSA) is 51.8 Å². The van der Waals surface area contributed by atoms with E-state index in [9.17, 15) is 0 Å². The van der Waals surface area contributed by atoms with Gasteiger partial charge in [0.05, 0.1) is 11.2 Å². The lowest BCUT2D eigenvalue weighted by molar-refractivity contribution is 1.06. The van der Waals surface area contributed by atoms with E-state index in [0.29, 0.717) is 10.0 Å². The van der Waals surface area contributed by atoms with Crippen LogP contribution in [0.4, 0.5) is 5.95 Å². The Bertz CT molecular complexity index is 516. The van der Waals surface area contributed by atoms with Gasteiger partial charge in [0.2, 0.25) is 5.95 Å². The molecule has 16 heavy (non-hydrogen) atoms. The van der Waals surface area contributed by atoms with Gasteiger partial charge in [-0.2, -0.15) is 0 Å². The Balaban J connectivity index is 2.30. The lowest BCUT2D eigenvalue weighted by Crippen LogP contribution is -1.95. The van der Waals surface area contributed by atoms with Crippen LogP contribution in [0, 0.1) is 6.92 Å². The fourth-order valence-electron chi connectivity index (χ4n) is 1.23. The molecule has 0 saturated carbocycles. The van der Waals surface area contributed by atoms with Crippen molar-refractivity contribution in [3.63, 3.8) is 0 Å². The molecular weight excluding hydrogens is 242 g/mol. The second-order valence-corrected chi connectivity index (χ2v) is 4.77. The van der Waals surface area contributed by atoms with E-state index in [1.807, 2.05) is 25.1 Å².